The zero-order valence-corrected chi connectivity index (χ0v) is 19.5. The molecule has 2 aliphatic heterocycles. The quantitative estimate of drug-likeness (QED) is 0.392. The lowest BCUT2D eigenvalue weighted by Crippen LogP contribution is -2.47. The number of ether oxygens (including phenoxy) is 3. The van der Waals surface area contributed by atoms with E-state index >= 15 is 0 Å². The van der Waals surface area contributed by atoms with Gasteiger partial charge in [0.05, 0.1) is 19.0 Å². The minimum Gasteiger partial charge on any atom is -0.462 e. The second kappa shape index (κ2) is 8.87. The first-order chi connectivity index (χ1) is 15.5. The Labute approximate surface area is 189 Å². The maximum Gasteiger partial charge on any atom is 0.408 e. The number of hydrogen-bond donors (Lipinski definition) is 3. The third kappa shape index (κ3) is 4.60. The molecule has 0 bridgehead atoms. The summed E-state index contributed by atoms with van der Waals surface area (Å²) >= 11 is 0. The summed E-state index contributed by atoms with van der Waals surface area (Å²) in [5.74, 6) is -0.422. The van der Waals surface area contributed by atoms with Gasteiger partial charge in [-0.05, 0) is 27.7 Å². The molecular weight excluding hydrogens is 459 g/mol. The zero-order valence-electron chi connectivity index (χ0n) is 18.6. The molecule has 0 radical (unpaired) electrons. The van der Waals surface area contributed by atoms with Crippen molar-refractivity contribution >= 4 is 30.7 Å². The van der Waals surface area contributed by atoms with Crippen molar-refractivity contribution in [2.45, 2.75) is 63.9 Å². The first kappa shape index (κ1) is 24.0. The van der Waals surface area contributed by atoms with Crippen molar-refractivity contribution in [3.63, 3.8) is 0 Å². The SMILES string of the molecule is CC(C)OC(=O)C(C)NP1(=O)OCO[C@H]2[C@@H](CO1)O[C@@H](n1cnc3c(N)ncnc31)C2(C)O. The summed E-state index contributed by atoms with van der Waals surface area (Å²) in [4.78, 5) is 24.4. The normalized spacial score (nSPS) is 33.5. The molecule has 33 heavy (non-hydrogen) atoms. The number of nitrogens with one attached hydrogen (secondary N) is 1. The molecule has 182 valence electrons. The second-order valence-corrected chi connectivity index (χ2v) is 10.1. The van der Waals surface area contributed by atoms with Crippen molar-refractivity contribution in [2.24, 2.45) is 0 Å². The van der Waals surface area contributed by atoms with Crippen LogP contribution in [0.5, 0.6) is 0 Å². The van der Waals surface area contributed by atoms with Crippen molar-refractivity contribution in [3.05, 3.63) is 12.7 Å². The molecule has 0 saturated carbocycles. The molecule has 4 N–H and O–H groups in total. The Morgan fingerprint density at radius 1 is 1.36 bits per heavy atom. The number of carbonyl (C=O) groups is 1. The van der Waals surface area contributed by atoms with Crippen LogP contribution < -0.4 is 10.8 Å². The van der Waals surface area contributed by atoms with Crippen molar-refractivity contribution in [3.8, 4) is 0 Å². The highest BCUT2D eigenvalue weighted by Gasteiger charge is 2.56. The Morgan fingerprint density at radius 2 is 2.12 bits per heavy atom. The van der Waals surface area contributed by atoms with Gasteiger partial charge in [-0.15, -0.1) is 0 Å². The number of anilines is 1. The van der Waals surface area contributed by atoms with E-state index in [0.29, 0.717) is 11.2 Å². The molecule has 4 heterocycles. The van der Waals surface area contributed by atoms with Gasteiger partial charge in [0.25, 0.3) is 0 Å². The lowest BCUT2D eigenvalue weighted by Gasteiger charge is -2.32. The van der Waals surface area contributed by atoms with E-state index in [9.17, 15) is 14.5 Å². The van der Waals surface area contributed by atoms with Crippen LogP contribution in [-0.4, -0.2) is 73.9 Å². The first-order valence-corrected chi connectivity index (χ1v) is 11.9. The topological polar surface area (TPSA) is 182 Å². The molecule has 3 unspecified atom stereocenters. The summed E-state index contributed by atoms with van der Waals surface area (Å²) in [6.07, 6.45) is -0.309. The Kier molecular flexibility index (Phi) is 6.44. The maximum atomic E-state index is 13.1. The Hall–Kier alpha value is -2.19. The number of hydrogen-bond acceptors (Lipinski definition) is 12. The molecule has 2 aromatic rings. The van der Waals surface area contributed by atoms with Crippen molar-refractivity contribution in [2.75, 3.05) is 19.1 Å². The fraction of sp³-hybridized carbons (Fsp3) is 0.667. The van der Waals surface area contributed by atoms with E-state index in [1.54, 1.807) is 13.8 Å². The summed E-state index contributed by atoms with van der Waals surface area (Å²) in [7, 11) is -3.95. The van der Waals surface area contributed by atoms with Crippen LogP contribution in [0.3, 0.4) is 0 Å². The molecule has 4 rings (SSSR count). The lowest BCUT2D eigenvalue weighted by molar-refractivity contribution is -0.150. The van der Waals surface area contributed by atoms with Crippen LogP contribution in [0.1, 0.15) is 33.9 Å². The van der Waals surface area contributed by atoms with Gasteiger partial charge in [-0.2, -0.15) is 0 Å². The molecule has 6 atom stereocenters. The van der Waals surface area contributed by atoms with E-state index in [2.05, 4.69) is 20.0 Å². The van der Waals surface area contributed by atoms with E-state index in [1.807, 2.05) is 0 Å². The Bertz CT molecular complexity index is 1080. The van der Waals surface area contributed by atoms with E-state index in [0.717, 1.165) is 0 Å². The van der Waals surface area contributed by atoms with Crippen LogP contribution in [0, 0.1) is 0 Å². The van der Waals surface area contributed by atoms with Gasteiger partial charge < -0.3 is 25.1 Å². The molecule has 0 aromatic carbocycles. The largest absolute Gasteiger partial charge is 0.462 e. The summed E-state index contributed by atoms with van der Waals surface area (Å²) in [5, 5.41) is 13.8. The van der Waals surface area contributed by atoms with Gasteiger partial charge in [0.2, 0.25) is 0 Å². The minimum absolute atomic E-state index is 0.188. The molecule has 2 saturated heterocycles. The molecule has 14 nitrogen and oxygen atoms in total. The van der Waals surface area contributed by atoms with Gasteiger partial charge in [-0.25, -0.2) is 24.6 Å². The highest BCUT2D eigenvalue weighted by atomic mass is 31.2. The van der Waals surface area contributed by atoms with E-state index in [1.165, 1.54) is 31.1 Å². The number of nitrogens with two attached hydrogens (primary N) is 1. The summed E-state index contributed by atoms with van der Waals surface area (Å²) in [6, 6.07) is -0.962. The van der Waals surface area contributed by atoms with Crippen LogP contribution in [0.4, 0.5) is 5.82 Å². The maximum absolute atomic E-state index is 13.1. The lowest BCUT2D eigenvalue weighted by atomic mass is 9.96. The average molecular weight is 486 g/mol. The van der Waals surface area contributed by atoms with Crippen LogP contribution >= 0.6 is 7.75 Å². The van der Waals surface area contributed by atoms with Crippen molar-refractivity contribution in [1.82, 2.24) is 24.6 Å². The molecular formula is C18H27N6O8P. The smallest absolute Gasteiger partial charge is 0.408 e. The van der Waals surface area contributed by atoms with Crippen LogP contribution in [0.2, 0.25) is 0 Å². The van der Waals surface area contributed by atoms with Crippen LogP contribution in [-0.2, 0) is 32.6 Å². The van der Waals surface area contributed by atoms with E-state index in [-0.39, 0.29) is 18.5 Å². The summed E-state index contributed by atoms with van der Waals surface area (Å²) in [5.41, 5.74) is 5.01. The predicted molar refractivity (Wildman–Crippen MR) is 112 cm³/mol. The highest BCUT2D eigenvalue weighted by molar-refractivity contribution is 7.51. The zero-order chi connectivity index (χ0) is 24.0. The number of carbonyl (C=O) groups excluding carboxylic acids is 1. The van der Waals surface area contributed by atoms with Gasteiger partial charge in [0.1, 0.15) is 35.7 Å². The van der Waals surface area contributed by atoms with E-state index < -0.39 is 50.6 Å². The van der Waals surface area contributed by atoms with Gasteiger partial charge in [-0.3, -0.25) is 18.4 Å². The number of rotatable bonds is 5. The molecule has 15 heteroatoms. The number of imidazole rings is 1. The molecule has 2 aliphatic rings. The van der Waals surface area contributed by atoms with E-state index in [4.69, 9.17) is 29.0 Å². The second-order valence-electron chi connectivity index (χ2n) is 8.30. The minimum atomic E-state index is -3.95. The number of nitrogens with zero attached hydrogens (tertiary/aromatic N) is 4. The molecule has 2 aromatic heterocycles. The van der Waals surface area contributed by atoms with Gasteiger partial charge in [-0.1, -0.05) is 0 Å². The predicted octanol–water partition coefficient (Wildman–Crippen LogP) is 0.484. The standard InChI is InChI=1S/C18H27N6O8P/c1-9(2)31-16(25)10(3)23-33(27)29-5-11-13(28-8-30-33)18(4,26)17(32-11)24-7-22-12-14(19)20-6-21-15(12)24/h6-7,9-11,13,17,26H,5,8H2,1-4H3,(H,23,27)(H2,19,20,21)/t10?,11-,13+,17-,18?,33?/m1/s1. The highest BCUT2D eigenvalue weighted by Crippen LogP contribution is 2.49. The van der Waals surface area contributed by atoms with Gasteiger partial charge in [0, 0.05) is 0 Å². The van der Waals surface area contributed by atoms with Crippen LogP contribution in [0.25, 0.3) is 11.2 Å². The first-order valence-electron chi connectivity index (χ1n) is 10.3. The summed E-state index contributed by atoms with van der Waals surface area (Å²) < 4.78 is 42.2. The monoisotopic (exact) mass is 486 g/mol. The average Bonchev–Trinajstić information content (AvgIpc) is 3.24. The molecule has 2 fully saturated rings. The molecule has 0 amide bonds. The number of nitrogen functional groups attached to an aromatic ring is 1. The third-order valence-corrected chi connectivity index (χ3v) is 6.93. The fourth-order valence-electron chi connectivity index (χ4n) is 3.76. The summed E-state index contributed by atoms with van der Waals surface area (Å²) in [6.45, 7) is 5.67. The Morgan fingerprint density at radius 3 is 2.85 bits per heavy atom. The van der Waals surface area contributed by atoms with Gasteiger partial charge in [0.15, 0.2) is 24.5 Å². The molecule has 0 spiro atoms. The number of aliphatic hydroxyl groups is 1. The van der Waals surface area contributed by atoms with Crippen LogP contribution in [0.15, 0.2) is 12.7 Å². The van der Waals surface area contributed by atoms with Gasteiger partial charge >= 0.3 is 13.7 Å². The Balaban J connectivity index is 1.51. The van der Waals surface area contributed by atoms with Crippen molar-refractivity contribution < 1.29 is 37.7 Å². The number of aromatic nitrogens is 4. The molecule has 0 aliphatic carbocycles. The fourth-order valence-corrected chi connectivity index (χ4v) is 5.11. The third-order valence-electron chi connectivity index (χ3n) is 5.29. The number of esters is 1. The number of fused-ring (bicyclic) bond motifs is 2. The van der Waals surface area contributed by atoms with Crippen molar-refractivity contribution in [1.29, 1.82) is 0 Å².